The number of hydrogen-bond acceptors (Lipinski definition) is 3. The minimum Gasteiger partial charge on any atom is -0.481 e. The van der Waals surface area contributed by atoms with E-state index >= 15 is 0 Å². The SMILES string of the molecule is CC(CC(=O)O)c1ccc2nncn2c1. The molecule has 0 saturated carbocycles. The fourth-order valence-electron chi connectivity index (χ4n) is 1.52. The number of hydrogen-bond donors (Lipinski definition) is 1. The fourth-order valence-corrected chi connectivity index (χ4v) is 1.52. The maximum Gasteiger partial charge on any atom is 0.303 e. The van der Waals surface area contributed by atoms with Gasteiger partial charge in [0.2, 0.25) is 0 Å². The maximum absolute atomic E-state index is 10.6. The van der Waals surface area contributed by atoms with Crippen LogP contribution in [0.5, 0.6) is 0 Å². The second-order valence-electron chi connectivity index (χ2n) is 3.56. The Hall–Kier alpha value is -1.91. The summed E-state index contributed by atoms with van der Waals surface area (Å²) in [6.07, 6.45) is 3.60. The van der Waals surface area contributed by atoms with E-state index in [1.165, 1.54) is 0 Å². The van der Waals surface area contributed by atoms with Crippen molar-refractivity contribution in [1.82, 2.24) is 14.6 Å². The van der Waals surface area contributed by atoms with Crippen LogP contribution < -0.4 is 0 Å². The summed E-state index contributed by atoms with van der Waals surface area (Å²) in [5, 5.41) is 16.3. The highest BCUT2D eigenvalue weighted by molar-refractivity contribution is 5.68. The Balaban J connectivity index is 2.30. The number of nitrogens with zero attached hydrogens (tertiary/aromatic N) is 3. The van der Waals surface area contributed by atoms with Gasteiger partial charge in [-0.15, -0.1) is 10.2 Å². The molecule has 2 aromatic heterocycles. The Morgan fingerprint density at radius 2 is 2.40 bits per heavy atom. The highest BCUT2D eigenvalue weighted by atomic mass is 16.4. The minimum absolute atomic E-state index is 0.00528. The van der Waals surface area contributed by atoms with Crippen LogP contribution in [0.4, 0.5) is 0 Å². The van der Waals surface area contributed by atoms with Crippen molar-refractivity contribution in [2.45, 2.75) is 19.3 Å². The van der Waals surface area contributed by atoms with Gasteiger partial charge >= 0.3 is 5.97 Å². The molecule has 5 heteroatoms. The molecule has 0 bridgehead atoms. The molecule has 2 rings (SSSR count). The van der Waals surface area contributed by atoms with Crippen LogP contribution in [0.25, 0.3) is 5.65 Å². The van der Waals surface area contributed by atoms with Crippen molar-refractivity contribution in [3.63, 3.8) is 0 Å². The number of fused-ring (bicyclic) bond motifs is 1. The van der Waals surface area contributed by atoms with E-state index in [1.807, 2.05) is 25.3 Å². The standard InChI is InChI=1S/C10H11N3O2/c1-7(4-10(14)15)8-2-3-9-12-11-6-13(9)5-8/h2-3,5-7H,4H2,1H3,(H,14,15). The zero-order chi connectivity index (χ0) is 10.8. The van der Waals surface area contributed by atoms with Crippen molar-refractivity contribution in [1.29, 1.82) is 0 Å². The van der Waals surface area contributed by atoms with E-state index in [0.717, 1.165) is 11.2 Å². The summed E-state index contributed by atoms with van der Waals surface area (Å²) in [5.41, 5.74) is 1.74. The molecule has 0 fully saturated rings. The number of pyridine rings is 1. The lowest BCUT2D eigenvalue weighted by Crippen LogP contribution is -2.03. The van der Waals surface area contributed by atoms with Crippen LogP contribution in [0, 0.1) is 0 Å². The molecule has 5 nitrogen and oxygen atoms in total. The summed E-state index contributed by atoms with van der Waals surface area (Å²) in [6.45, 7) is 1.89. The van der Waals surface area contributed by atoms with Gasteiger partial charge in [-0.2, -0.15) is 0 Å². The zero-order valence-electron chi connectivity index (χ0n) is 8.29. The molecule has 1 N–H and O–H groups in total. The van der Waals surface area contributed by atoms with E-state index in [4.69, 9.17) is 5.11 Å². The summed E-state index contributed by atoms with van der Waals surface area (Å²) in [6, 6.07) is 3.72. The molecule has 0 aromatic carbocycles. The molecular formula is C10H11N3O2. The molecule has 0 radical (unpaired) electrons. The Morgan fingerprint density at radius 1 is 1.60 bits per heavy atom. The Morgan fingerprint density at radius 3 is 3.13 bits per heavy atom. The van der Waals surface area contributed by atoms with Crippen LogP contribution in [0.15, 0.2) is 24.7 Å². The predicted octanol–water partition coefficient (Wildman–Crippen LogP) is 1.31. The lowest BCUT2D eigenvalue weighted by atomic mass is 10.00. The van der Waals surface area contributed by atoms with Gasteiger partial charge in [0, 0.05) is 6.20 Å². The van der Waals surface area contributed by atoms with E-state index < -0.39 is 5.97 Å². The number of carboxylic acids is 1. The van der Waals surface area contributed by atoms with Crippen molar-refractivity contribution < 1.29 is 9.90 Å². The number of carbonyl (C=O) groups is 1. The Bertz CT molecular complexity index is 492. The van der Waals surface area contributed by atoms with Crippen LogP contribution in [0.3, 0.4) is 0 Å². The van der Waals surface area contributed by atoms with Gasteiger partial charge in [-0.1, -0.05) is 13.0 Å². The molecule has 15 heavy (non-hydrogen) atoms. The monoisotopic (exact) mass is 205 g/mol. The molecule has 1 atom stereocenters. The zero-order valence-corrected chi connectivity index (χ0v) is 8.29. The largest absolute Gasteiger partial charge is 0.481 e. The van der Waals surface area contributed by atoms with E-state index in [-0.39, 0.29) is 12.3 Å². The van der Waals surface area contributed by atoms with Gasteiger partial charge < -0.3 is 5.11 Å². The van der Waals surface area contributed by atoms with Crippen LogP contribution >= 0.6 is 0 Å². The Kier molecular flexibility index (Phi) is 2.37. The summed E-state index contributed by atoms with van der Waals surface area (Å²) < 4.78 is 1.79. The summed E-state index contributed by atoms with van der Waals surface area (Å²) in [5.74, 6) is -0.791. The molecule has 0 saturated heterocycles. The van der Waals surface area contributed by atoms with E-state index in [2.05, 4.69) is 10.2 Å². The quantitative estimate of drug-likeness (QED) is 0.820. The van der Waals surface area contributed by atoms with Crippen LogP contribution in [-0.2, 0) is 4.79 Å². The lowest BCUT2D eigenvalue weighted by molar-refractivity contribution is -0.137. The van der Waals surface area contributed by atoms with E-state index in [1.54, 1.807) is 10.7 Å². The first kappa shape index (κ1) is 9.64. The Labute approximate surface area is 86.4 Å². The number of carboxylic acid groups (broad SMARTS) is 1. The second kappa shape index (κ2) is 3.68. The molecule has 1 unspecified atom stereocenters. The summed E-state index contributed by atoms with van der Waals surface area (Å²) >= 11 is 0. The number of aromatic nitrogens is 3. The smallest absolute Gasteiger partial charge is 0.303 e. The van der Waals surface area contributed by atoms with Gasteiger partial charge in [-0.3, -0.25) is 9.20 Å². The number of rotatable bonds is 3. The average molecular weight is 205 g/mol. The molecule has 0 amide bonds. The highest BCUT2D eigenvalue weighted by Gasteiger charge is 2.10. The topological polar surface area (TPSA) is 67.5 Å². The fraction of sp³-hybridized carbons (Fsp3) is 0.300. The minimum atomic E-state index is -0.786. The van der Waals surface area contributed by atoms with Gasteiger partial charge in [-0.25, -0.2) is 0 Å². The van der Waals surface area contributed by atoms with Gasteiger partial charge in [0.15, 0.2) is 5.65 Å². The van der Waals surface area contributed by atoms with E-state index in [9.17, 15) is 4.79 Å². The van der Waals surface area contributed by atoms with Gasteiger partial charge in [-0.05, 0) is 17.5 Å². The molecule has 2 heterocycles. The lowest BCUT2D eigenvalue weighted by Gasteiger charge is -2.08. The molecular weight excluding hydrogens is 194 g/mol. The van der Waals surface area contributed by atoms with Crippen LogP contribution in [0.2, 0.25) is 0 Å². The van der Waals surface area contributed by atoms with Gasteiger partial charge in [0.1, 0.15) is 6.33 Å². The first-order valence-corrected chi connectivity index (χ1v) is 4.68. The summed E-state index contributed by atoms with van der Waals surface area (Å²) in [4.78, 5) is 10.6. The van der Waals surface area contributed by atoms with Gasteiger partial charge in [0.05, 0.1) is 6.42 Å². The predicted molar refractivity (Wildman–Crippen MR) is 53.7 cm³/mol. The van der Waals surface area contributed by atoms with Crippen LogP contribution in [0.1, 0.15) is 24.8 Å². The van der Waals surface area contributed by atoms with Gasteiger partial charge in [0.25, 0.3) is 0 Å². The van der Waals surface area contributed by atoms with Crippen molar-refractivity contribution in [3.8, 4) is 0 Å². The van der Waals surface area contributed by atoms with Crippen molar-refractivity contribution in [2.24, 2.45) is 0 Å². The normalized spacial score (nSPS) is 12.9. The maximum atomic E-state index is 10.6. The van der Waals surface area contributed by atoms with Crippen molar-refractivity contribution >= 4 is 11.6 Å². The number of aliphatic carboxylic acids is 1. The van der Waals surface area contributed by atoms with Crippen molar-refractivity contribution in [2.75, 3.05) is 0 Å². The highest BCUT2D eigenvalue weighted by Crippen LogP contribution is 2.18. The first-order valence-electron chi connectivity index (χ1n) is 4.68. The molecule has 78 valence electrons. The van der Waals surface area contributed by atoms with Crippen molar-refractivity contribution in [3.05, 3.63) is 30.2 Å². The molecule has 2 aromatic rings. The summed E-state index contributed by atoms with van der Waals surface area (Å²) in [7, 11) is 0. The second-order valence-corrected chi connectivity index (χ2v) is 3.56. The molecule has 0 aliphatic heterocycles. The molecule has 0 spiro atoms. The first-order chi connectivity index (χ1) is 7.16. The van der Waals surface area contributed by atoms with E-state index in [0.29, 0.717) is 0 Å². The molecule has 0 aliphatic carbocycles. The van der Waals surface area contributed by atoms with Crippen LogP contribution in [-0.4, -0.2) is 25.7 Å². The molecule has 0 aliphatic rings. The third-order valence-electron chi connectivity index (χ3n) is 2.36. The third kappa shape index (κ3) is 1.96. The third-order valence-corrected chi connectivity index (χ3v) is 2.36. The average Bonchev–Trinajstić information content (AvgIpc) is 2.62.